The first-order chi connectivity index (χ1) is 9.47. The molecule has 0 aromatic rings. The maximum atomic E-state index is 11.5. The van der Waals surface area contributed by atoms with Gasteiger partial charge in [-0.25, -0.2) is 0 Å². The Balaban J connectivity index is 0. The predicted octanol–water partition coefficient (Wildman–Crippen LogP) is 1.25. The number of rotatable bonds is 10. The lowest BCUT2D eigenvalue weighted by molar-refractivity contribution is -0.145. The summed E-state index contributed by atoms with van der Waals surface area (Å²) < 4.78 is 4.96. The normalized spacial score (nSPS) is 11.2. The zero-order valence-corrected chi connectivity index (χ0v) is 14.2. The van der Waals surface area contributed by atoms with Crippen molar-refractivity contribution in [2.75, 3.05) is 18.9 Å². The minimum absolute atomic E-state index is 0. The molecule has 0 aliphatic heterocycles. The second-order valence-electron chi connectivity index (χ2n) is 4.36. The van der Waals surface area contributed by atoms with Gasteiger partial charge in [0.1, 0.15) is 6.04 Å². The third-order valence-corrected chi connectivity index (χ3v) is 3.27. The van der Waals surface area contributed by atoms with E-state index in [9.17, 15) is 14.4 Å². The van der Waals surface area contributed by atoms with E-state index in [1.807, 2.05) is 6.92 Å². The van der Waals surface area contributed by atoms with E-state index in [-0.39, 0.29) is 36.3 Å². The van der Waals surface area contributed by atoms with Crippen molar-refractivity contribution in [2.45, 2.75) is 45.6 Å². The highest BCUT2D eigenvalue weighted by Crippen LogP contribution is 2.00. The van der Waals surface area contributed by atoms with E-state index >= 15 is 0 Å². The lowest BCUT2D eigenvalue weighted by Crippen LogP contribution is -2.35. The number of hydrogen-bond donors (Lipinski definition) is 2. The molecule has 0 aliphatic carbocycles. The highest BCUT2D eigenvalue weighted by atomic mass is 35.5. The number of unbranched alkanes of at least 4 members (excludes halogenated alkanes) is 1. The molecule has 0 aromatic heterocycles. The molecular weight excluding hydrogens is 316 g/mol. The molecule has 1 atom stereocenters. The summed E-state index contributed by atoms with van der Waals surface area (Å²) in [6, 6.07) is -0.760. The molecule has 0 bridgehead atoms. The Kier molecular flexibility index (Phi) is 15.2. The molecule has 0 saturated carbocycles. The Morgan fingerprint density at radius 3 is 2.57 bits per heavy atom. The number of nitrogens with two attached hydrogens (primary N) is 1. The molecule has 124 valence electrons. The van der Waals surface area contributed by atoms with Crippen molar-refractivity contribution in [3.63, 3.8) is 0 Å². The Morgan fingerprint density at radius 2 is 2.00 bits per heavy atom. The standard InChI is InChI=1S/C13H24N2O4S.ClH/c1-3-4-8-19-13(18)11(14)5-6-12(17)15-7-9-20-10(2)16;/h11H,3-9,14H2,1-2H3,(H,15,17);1H/t11-;/m0./s1. The van der Waals surface area contributed by atoms with Gasteiger partial charge in [-0.2, -0.15) is 0 Å². The second kappa shape index (κ2) is 14.2. The van der Waals surface area contributed by atoms with Crippen LogP contribution in [0.4, 0.5) is 0 Å². The number of thioether (sulfide) groups is 1. The van der Waals surface area contributed by atoms with Crippen LogP contribution in [0.25, 0.3) is 0 Å². The SMILES string of the molecule is CCCCOC(=O)[C@@H](N)CCC(=O)NCCSC(C)=O.Cl. The van der Waals surface area contributed by atoms with Gasteiger partial charge in [0.2, 0.25) is 5.91 Å². The minimum atomic E-state index is -0.760. The van der Waals surface area contributed by atoms with Crippen LogP contribution >= 0.6 is 24.2 Å². The molecule has 0 heterocycles. The van der Waals surface area contributed by atoms with E-state index in [1.165, 1.54) is 6.92 Å². The average Bonchev–Trinajstić information content (AvgIpc) is 2.40. The van der Waals surface area contributed by atoms with Gasteiger partial charge in [0.25, 0.3) is 0 Å². The number of nitrogens with one attached hydrogen (secondary N) is 1. The first-order valence-corrected chi connectivity index (χ1v) is 7.78. The molecule has 0 spiro atoms. The summed E-state index contributed by atoms with van der Waals surface area (Å²) in [4.78, 5) is 33.6. The number of carbonyl (C=O) groups excluding carboxylic acids is 3. The quantitative estimate of drug-likeness (QED) is 0.459. The van der Waals surface area contributed by atoms with E-state index in [0.717, 1.165) is 24.6 Å². The van der Waals surface area contributed by atoms with Gasteiger partial charge in [-0.3, -0.25) is 14.4 Å². The third kappa shape index (κ3) is 13.9. The van der Waals surface area contributed by atoms with Crippen LogP contribution in [0.3, 0.4) is 0 Å². The van der Waals surface area contributed by atoms with Crippen molar-refractivity contribution in [1.29, 1.82) is 0 Å². The third-order valence-electron chi connectivity index (χ3n) is 2.46. The van der Waals surface area contributed by atoms with E-state index in [1.54, 1.807) is 0 Å². The smallest absolute Gasteiger partial charge is 0.322 e. The molecular formula is C13H25ClN2O4S. The summed E-state index contributed by atoms with van der Waals surface area (Å²) in [5.74, 6) is -0.0871. The van der Waals surface area contributed by atoms with Gasteiger partial charge < -0.3 is 15.8 Å². The molecule has 1 amide bonds. The molecule has 0 aliphatic rings. The van der Waals surface area contributed by atoms with E-state index in [0.29, 0.717) is 18.9 Å². The molecule has 8 heteroatoms. The highest BCUT2D eigenvalue weighted by molar-refractivity contribution is 8.13. The molecule has 3 N–H and O–H groups in total. The van der Waals surface area contributed by atoms with Crippen LogP contribution in [-0.4, -0.2) is 41.9 Å². The molecule has 6 nitrogen and oxygen atoms in total. The number of halogens is 1. The van der Waals surface area contributed by atoms with Crippen molar-refractivity contribution < 1.29 is 19.1 Å². The summed E-state index contributed by atoms with van der Waals surface area (Å²) in [7, 11) is 0. The molecule has 0 aromatic carbocycles. The van der Waals surface area contributed by atoms with Crippen LogP contribution in [0.1, 0.15) is 39.5 Å². The Bertz CT molecular complexity index is 329. The van der Waals surface area contributed by atoms with Crippen LogP contribution < -0.4 is 11.1 Å². The number of carbonyl (C=O) groups is 3. The molecule has 0 unspecified atom stereocenters. The van der Waals surface area contributed by atoms with E-state index in [4.69, 9.17) is 10.5 Å². The molecule has 0 rings (SSSR count). The summed E-state index contributed by atoms with van der Waals surface area (Å²) in [5.41, 5.74) is 5.64. The van der Waals surface area contributed by atoms with Gasteiger partial charge in [0, 0.05) is 25.6 Å². The van der Waals surface area contributed by atoms with Crippen molar-refractivity contribution in [1.82, 2.24) is 5.32 Å². The largest absolute Gasteiger partial charge is 0.465 e. The maximum absolute atomic E-state index is 11.5. The fourth-order valence-corrected chi connectivity index (χ4v) is 1.79. The molecule has 0 saturated heterocycles. The van der Waals surface area contributed by atoms with Gasteiger partial charge in [0.15, 0.2) is 5.12 Å². The number of esters is 1. The van der Waals surface area contributed by atoms with Crippen LogP contribution in [0.15, 0.2) is 0 Å². The minimum Gasteiger partial charge on any atom is -0.465 e. The van der Waals surface area contributed by atoms with Gasteiger partial charge in [-0.1, -0.05) is 25.1 Å². The molecule has 0 fully saturated rings. The molecule has 21 heavy (non-hydrogen) atoms. The van der Waals surface area contributed by atoms with Crippen LogP contribution in [0.5, 0.6) is 0 Å². The van der Waals surface area contributed by atoms with Crippen LogP contribution in [0.2, 0.25) is 0 Å². The van der Waals surface area contributed by atoms with Crippen LogP contribution in [0, 0.1) is 0 Å². The van der Waals surface area contributed by atoms with Crippen molar-refractivity contribution >= 4 is 41.2 Å². The van der Waals surface area contributed by atoms with Crippen molar-refractivity contribution in [2.24, 2.45) is 5.73 Å². The summed E-state index contributed by atoms with van der Waals surface area (Å²) in [6.45, 7) is 4.29. The second-order valence-corrected chi connectivity index (χ2v) is 5.63. The highest BCUT2D eigenvalue weighted by Gasteiger charge is 2.16. The summed E-state index contributed by atoms with van der Waals surface area (Å²) in [6.07, 6.45) is 2.20. The predicted molar refractivity (Wildman–Crippen MR) is 86.5 cm³/mol. The Labute approximate surface area is 136 Å². The topological polar surface area (TPSA) is 98.5 Å². The van der Waals surface area contributed by atoms with Gasteiger partial charge >= 0.3 is 5.97 Å². The van der Waals surface area contributed by atoms with E-state index < -0.39 is 12.0 Å². The van der Waals surface area contributed by atoms with Gasteiger partial charge in [-0.05, 0) is 12.8 Å². The number of hydrogen-bond acceptors (Lipinski definition) is 6. The Hall–Kier alpha value is -0.790. The lowest BCUT2D eigenvalue weighted by Gasteiger charge is -2.11. The lowest BCUT2D eigenvalue weighted by atomic mass is 10.1. The first kappa shape index (κ1) is 22.5. The number of amides is 1. The summed E-state index contributed by atoms with van der Waals surface area (Å²) >= 11 is 1.16. The van der Waals surface area contributed by atoms with Crippen molar-refractivity contribution in [3.8, 4) is 0 Å². The number of ether oxygens (including phenoxy) is 1. The van der Waals surface area contributed by atoms with Crippen molar-refractivity contribution in [3.05, 3.63) is 0 Å². The van der Waals surface area contributed by atoms with E-state index in [2.05, 4.69) is 5.32 Å². The fourth-order valence-electron chi connectivity index (χ4n) is 1.30. The average molecular weight is 341 g/mol. The fraction of sp³-hybridized carbons (Fsp3) is 0.769. The molecule has 0 radical (unpaired) electrons. The summed E-state index contributed by atoms with van der Waals surface area (Å²) in [5, 5.41) is 2.69. The zero-order valence-electron chi connectivity index (χ0n) is 12.6. The van der Waals surface area contributed by atoms with Crippen LogP contribution in [-0.2, 0) is 19.1 Å². The first-order valence-electron chi connectivity index (χ1n) is 6.79. The van der Waals surface area contributed by atoms with Gasteiger partial charge in [0.05, 0.1) is 6.61 Å². The zero-order chi connectivity index (χ0) is 15.4. The Morgan fingerprint density at radius 1 is 1.33 bits per heavy atom. The monoisotopic (exact) mass is 340 g/mol. The maximum Gasteiger partial charge on any atom is 0.322 e. The van der Waals surface area contributed by atoms with Gasteiger partial charge in [-0.15, -0.1) is 12.4 Å².